The molecule has 0 aromatic heterocycles. The zero-order chi connectivity index (χ0) is 15.1. The second kappa shape index (κ2) is 51.7. The molecule has 0 atom stereocenters. The minimum absolute atomic E-state index is 0. The van der Waals surface area contributed by atoms with Gasteiger partial charge in [0.2, 0.25) is 0 Å². The van der Waals surface area contributed by atoms with E-state index in [9.17, 15) is 0 Å². The molecule has 0 radical (unpaired) electrons. The molecule has 0 aliphatic heterocycles. The van der Waals surface area contributed by atoms with Crippen LogP contribution in [0.25, 0.3) is 0 Å². The van der Waals surface area contributed by atoms with Crippen molar-refractivity contribution in [3.05, 3.63) is 19.1 Å². The maximum Gasteiger partial charge on any atom is 0.0319 e. The predicted molar refractivity (Wildman–Crippen MR) is 81.5 cm³/mol. The van der Waals surface area contributed by atoms with E-state index < -0.39 is 0 Å². The summed E-state index contributed by atoms with van der Waals surface area (Å²) in [6.45, 7) is 5.93. The van der Waals surface area contributed by atoms with Crippen molar-refractivity contribution in [2.75, 3.05) is 21.3 Å². The van der Waals surface area contributed by atoms with Crippen molar-refractivity contribution >= 4 is 0 Å². The standard InChI is InChI=1S/C12H23.3CH4O.Ti/c1-3-5-7-9-11-12-10-8-6-4-2;3*1-2;/h3,5H,1,4,6-12H2,2H3;3*2H,1H3;/q-1;;;;. The average molecular weight is 311 g/mol. The third kappa shape index (κ3) is 56.4. The zero-order valence-corrected chi connectivity index (χ0v) is 14.9. The Morgan fingerprint density at radius 1 is 0.789 bits per heavy atom. The Balaban J connectivity index is -0.0000000816. The molecular weight excluding hydrogens is 276 g/mol. The fourth-order valence-corrected chi connectivity index (χ4v) is 1.34. The van der Waals surface area contributed by atoms with E-state index in [2.05, 4.69) is 19.9 Å². The van der Waals surface area contributed by atoms with E-state index in [-0.39, 0.29) is 21.7 Å². The summed E-state index contributed by atoms with van der Waals surface area (Å²) >= 11 is 0. The van der Waals surface area contributed by atoms with Gasteiger partial charge in [-0.3, -0.25) is 0 Å². The van der Waals surface area contributed by atoms with Crippen LogP contribution >= 0.6 is 0 Å². The van der Waals surface area contributed by atoms with Crippen molar-refractivity contribution in [1.82, 2.24) is 0 Å². The Morgan fingerprint density at radius 3 is 1.53 bits per heavy atom. The van der Waals surface area contributed by atoms with Crippen molar-refractivity contribution in [3.63, 3.8) is 0 Å². The normalized spacial score (nSPS) is 7.11. The van der Waals surface area contributed by atoms with Crippen LogP contribution in [0.3, 0.4) is 0 Å². The molecular formula is C15H35O3Ti-. The summed E-state index contributed by atoms with van der Waals surface area (Å²) in [7, 11) is 3.00. The number of aliphatic hydroxyl groups is 3. The van der Waals surface area contributed by atoms with E-state index in [1.807, 2.05) is 6.08 Å². The molecule has 0 bridgehead atoms. The summed E-state index contributed by atoms with van der Waals surface area (Å²) < 4.78 is 0. The third-order valence-corrected chi connectivity index (χ3v) is 2.14. The number of unbranched alkanes of at least 4 members (excludes halogenated alkanes) is 8. The first kappa shape index (κ1) is 31.5. The minimum atomic E-state index is 0. The molecule has 0 aromatic rings. The molecule has 0 rings (SSSR count). The molecule has 0 fully saturated rings. The van der Waals surface area contributed by atoms with Gasteiger partial charge >= 0.3 is 0 Å². The molecule has 0 aliphatic rings. The second-order valence-electron chi connectivity index (χ2n) is 3.38. The molecule has 0 spiro atoms. The molecule has 0 heterocycles. The van der Waals surface area contributed by atoms with Crippen molar-refractivity contribution in [2.45, 2.75) is 58.3 Å². The van der Waals surface area contributed by atoms with Crippen LogP contribution in [0.15, 0.2) is 12.7 Å². The van der Waals surface area contributed by atoms with Crippen molar-refractivity contribution in [2.24, 2.45) is 0 Å². The van der Waals surface area contributed by atoms with Gasteiger partial charge in [0.05, 0.1) is 0 Å². The van der Waals surface area contributed by atoms with Gasteiger partial charge in [0, 0.05) is 43.0 Å². The van der Waals surface area contributed by atoms with Crippen LogP contribution in [0.4, 0.5) is 0 Å². The number of aliphatic hydroxyl groups excluding tert-OH is 3. The van der Waals surface area contributed by atoms with Gasteiger partial charge in [-0.2, -0.15) is 0 Å². The Bertz CT molecular complexity index is 101. The molecule has 3 nitrogen and oxygen atoms in total. The molecule has 0 aliphatic carbocycles. The van der Waals surface area contributed by atoms with Crippen LogP contribution in [-0.4, -0.2) is 36.6 Å². The van der Waals surface area contributed by atoms with E-state index in [1.54, 1.807) is 0 Å². The fourth-order valence-electron chi connectivity index (χ4n) is 1.34. The van der Waals surface area contributed by atoms with E-state index in [4.69, 9.17) is 15.3 Å². The molecule has 118 valence electrons. The smallest absolute Gasteiger partial charge is 0.0319 e. The first-order valence-corrected chi connectivity index (χ1v) is 6.70. The van der Waals surface area contributed by atoms with Gasteiger partial charge < -0.3 is 15.3 Å². The maximum absolute atomic E-state index is 7.00. The Morgan fingerprint density at radius 2 is 1.16 bits per heavy atom. The molecule has 0 aromatic carbocycles. The Hall–Kier alpha value is 0.204. The van der Waals surface area contributed by atoms with E-state index in [0.29, 0.717) is 0 Å². The minimum Gasteiger partial charge on any atom is -0.400 e. The molecule has 0 amide bonds. The average Bonchev–Trinajstić information content (AvgIpc) is 2.48. The molecule has 0 unspecified atom stereocenters. The van der Waals surface area contributed by atoms with Crippen LogP contribution in [0.2, 0.25) is 0 Å². The van der Waals surface area contributed by atoms with Gasteiger partial charge in [-0.25, -0.2) is 19.1 Å². The molecule has 3 N–H and O–H groups in total. The quantitative estimate of drug-likeness (QED) is 0.348. The SMILES string of the molecule is C=C[CH-]CCCCCCCCC.CO.CO.CO.[Ti]. The maximum atomic E-state index is 7.00. The number of allylic oxidation sites excluding steroid dienone is 1. The number of hydrogen-bond acceptors (Lipinski definition) is 3. The largest absolute Gasteiger partial charge is 0.400 e. The Kier molecular flexibility index (Phi) is 85.9. The predicted octanol–water partition coefficient (Wildman–Crippen LogP) is 3.34. The van der Waals surface area contributed by atoms with Crippen molar-refractivity contribution < 1.29 is 37.0 Å². The van der Waals surface area contributed by atoms with Crippen molar-refractivity contribution in [1.29, 1.82) is 0 Å². The molecule has 0 saturated carbocycles. The van der Waals surface area contributed by atoms with E-state index >= 15 is 0 Å². The summed E-state index contributed by atoms with van der Waals surface area (Å²) in [4.78, 5) is 0. The van der Waals surface area contributed by atoms with Gasteiger partial charge in [0.1, 0.15) is 0 Å². The first-order chi connectivity index (χ1) is 8.91. The summed E-state index contributed by atoms with van der Waals surface area (Å²) in [5.41, 5.74) is 0. The van der Waals surface area contributed by atoms with Crippen molar-refractivity contribution in [3.8, 4) is 0 Å². The summed E-state index contributed by atoms with van der Waals surface area (Å²) in [5, 5.41) is 21.0. The zero-order valence-electron chi connectivity index (χ0n) is 13.4. The molecule has 4 heteroatoms. The summed E-state index contributed by atoms with van der Waals surface area (Å²) in [6, 6.07) is 0. The van der Waals surface area contributed by atoms with Gasteiger partial charge in [0.15, 0.2) is 0 Å². The van der Waals surface area contributed by atoms with Gasteiger partial charge in [-0.05, 0) is 0 Å². The number of hydrogen-bond donors (Lipinski definition) is 3. The van der Waals surface area contributed by atoms with E-state index in [1.165, 1.54) is 51.4 Å². The number of rotatable bonds is 9. The van der Waals surface area contributed by atoms with Gasteiger partial charge in [-0.15, -0.1) is 6.42 Å². The third-order valence-electron chi connectivity index (χ3n) is 2.14. The van der Waals surface area contributed by atoms with Crippen LogP contribution in [0.5, 0.6) is 0 Å². The summed E-state index contributed by atoms with van der Waals surface area (Å²) in [5.74, 6) is 0. The van der Waals surface area contributed by atoms with Crippen LogP contribution in [-0.2, 0) is 21.7 Å². The second-order valence-corrected chi connectivity index (χ2v) is 3.38. The first-order valence-electron chi connectivity index (χ1n) is 6.70. The molecule has 0 saturated heterocycles. The van der Waals surface area contributed by atoms with Crippen LogP contribution in [0.1, 0.15) is 58.3 Å². The van der Waals surface area contributed by atoms with Gasteiger partial charge in [0.25, 0.3) is 0 Å². The topological polar surface area (TPSA) is 60.7 Å². The van der Waals surface area contributed by atoms with Gasteiger partial charge in [-0.1, -0.05) is 51.9 Å². The summed E-state index contributed by atoms with van der Waals surface area (Å²) in [6.07, 6.45) is 15.1. The van der Waals surface area contributed by atoms with Crippen LogP contribution in [0, 0.1) is 6.42 Å². The molecule has 19 heavy (non-hydrogen) atoms. The van der Waals surface area contributed by atoms with E-state index in [0.717, 1.165) is 21.3 Å². The Labute approximate surface area is 136 Å². The van der Waals surface area contributed by atoms with Crippen LogP contribution < -0.4 is 0 Å². The monoisotopic (exact) mass is 311 g/mol. The fraction of sp³-hybridized carbons (Fsp3) is 0.800.